The molecule has 0 unspecified atom stereocenters. The van der Waals surface area contributed by atoms with Gasteiger partial charge in [0.15, 0.2) is 0 Å². The minimum absolute atomic E-state index is 0.127. The molecule has 0 radical (unpaired) electrons. The third kappa shape index (κ3) is 3.66. The normalized spacial score (nSPS) is 24.3. The third-order valence-electron chi connectivity index (χ3n) is 5.58. The lowest BCUT2D eigenvalue weighted by Crippen LogP contribution is -2.43. The highest BCUT2D eigenvalue weighted by atomic mass is 32.2. The molecular weight excluding hydrogens is 394 g/mol. The molecule has 29 heavy (non-hydrogen) atoms. The Morgan fingerprint density at radius 1 is 1.28 bits per heavy atom. The van der Waals surface area contributed by atoms with E-state index >= 15 is 0 Å². The molecule has 0 aromatic carbocycles. The number of carbonyl (C=O) groups excluding carboxylic acids is 2. The Morgan fingerprint density at radius 3 is 2.55 bits per heavy atom. The van der Waals surface area contributed by atoms with Crippen molar-refractivity contribution in [3.63, 3.8) is 0 Å². The number of fused-ring (bicyclic) bond motifs is 1. The van der Waals surface area contributed by atoms with Gasteiger partial charge in [0.25, 0.3) is 5.91 Å². The summed E-state index contributed by atoms with van der Waals surface area (Å²) < 4.78 is 25.2. The number of hydrogen-bond donors (Lipinski definition) is 1. The van der Waals surface area contributed by atoms with Crippen molar-refractivity contribution in [2.24, 2.45) is 11.8 Å². The molecule has 1 aromatic rings. The summed E-state index contributed by atoms with van der Waals surface area (Å²) in [6, 6.07) is -0.0550. The van der Waals surface area contributed by atoms with Crippen LogP contribution in [0.15, 0.2) is 24.2 Å². The van der Waals surface area contributed by atoms with Gasteiger partial charge in [0.2, 0.25) is 15.9 Å². The first kappa shape index (κ1) is 20.0. The molecule has 2 fully saturated rings. The number of hydrogen-bond acceptors (Lipinski definition) is 7. The molecule has 1 saturated heterocycles. The van der Waals surface area contributed by atoms with Gasteiger partial charge in [0, 0.05) is 19.1 Å². The van der Waals surface area contributed by atoms with E-state index in [-0.39, 0.29) is 24.1 Å². The van der Waals surface area contributed by atoms with Gasteiger partial charge in [0.1, 0.15) is 5.69 Å². The van der Waals surface area contributed by atoms with Gasteiger partial charge in [-0.2, -0.15) is 0 Å². The molecule has 1 saturated carbocycles. The first-order valence-corrected chi connectivity index (χ1v) is 11.6. The molecule has 3 aliphatic rings. The molecule has 1 aliphatic carbocycles. The second-order valence-corrected chi connectivity index (χ2v) is 10.0. The molecule has 4 rings (SSSR count). The van der Waals surface area contributed by atoms with Crippen LogP contribution in [-0.2, 0) is 21.4 Å². The number of rotatable bonds is 6. The molecule has 3 heterocycles. The Labute approximate surface area is 170 Å². The van der Waals surface area contributed by atoms with E-state index < -0.39 is 27.9 Å². The molecule has 1 N–H and O–H groups in total. The molecule has 0 spiro atoms. The summed E-state index contributed by atoms with van der Waals surface area (Å²) in [5.41, 5.74) is 1.30. The zero-order valence-electron chi connectivity index (χ0n) is 16.7. The Balaban J connectivity index is 1.56. The van der Waals surface area contributed by atoms with Crippen molar-refractivity contribution in [1.82, 2.24) is 24.5 Å². The Kier molecular flexibility index (Phi) is 4.94. The van der Waals surface area contributed by atoms with Crippen LogP contribution in [0.3, 0.4) is 0 Å². The van der Waals surface area contributed by atoms with Gasteiger partial charge >= 0.3 is 0 Å². The van der Waals surface area contributed by atoms with E-state index in [1.807, 2.05) is 13.8 Å². The van der Waals surface area contributed by atoms with E-state index in [0.29, 0.717) is 18.3 Å². The lowest BCUT2D eigenvalue weighted by Gasteiger charge is -2.28. The Bertz CT molecular complexity index is 969. The Hall–Kier alpha value is -2.33. The van der Waals surface area contributed by atoms with Crippen LogP contribution in [0.25, 0.3) is 0 Å². The van der Waals surface area contributed by atoms with Crippen molar-refractivity contribution < 1.29 is 18.0 Å². The van der Waals surface area contributed by atoms with Gasteiger partial charge in [-0.1, -0.05) is 13.8 Å². The Morgan fingerprint density at radius 2 is 2.00 bits per heavy atom. The summed E-state index contributed by atoms with van der Waals surface area (Å²) in [6.07, 6.45) is 8.03. The number of nitrogens with one attached hydrogen (secondary N) is 1. The van der Waals surface area contributed by atoms with Crippen LogP contribution in [0.2, 0.25) is 0 Å². The van der Waals surface area contributed by atoms with Crippen LogP contribution in [0.1, 0.15) is 42.9 Å². The van der Waals surface area contributed by atoms with Crippen LogP contribution in [0, 0.1) is 11.8 Å². The van der Waals surface area contributed by atoms with E-state index in [0.717, 1.165) is 16.3 Å². The van der Waals surface area contributed by atoms with Crippen molar-refractivity contribution in [3.05, 3.63) is 35.6 Å². The summed E-state index contributed by atoms with van der Waals surface area (Å²) in [5, 5.41) is 3.34. The van der Waals surface area contributed by atoms with E-state index in [2.05, 4.69) is 15.3 Å². The predicted molar refractivity (Wildman–Crippen MR) is 105 cm³/mol. The molecule has 2 atom stereocenters. The van der Waals surface area contributed by atoms with Crippen molar-refractivity contribution in [2.45, 2.75) is 45.3 Å². The van der Waals surface area contributed by atoms with E-state index in [9.17, 15) is 18.0 Å². The van der Waals surface area contributed by atoms with Gasteiger partial charge in [0.05, 0.1) is 42.0 Å². The van der Waals surface area contributed by atoms with Crippen LogP contribution in [-0.4, -0.2) is 64.3 Å². The minimum Gasteiger partial charge on any atom is -0.324 e. The standard InChI is InChI=1S/C19H25N5O4S/c1-11(2)16-17-15(24(19(16)26)29(3,27)28)6-7-23(17)18(25)14-10-21-13(9-22-14)8-20-12-4-5-12/h6,9-12,16-17,20H,4-5,7-8H2,1-3H3/t16-,17+/m0/s1. The van der Waals surface area contributed by atoms with Crippen LogP contribution < -0.4 is 5.32 Å². The third-order valence-corrected chi connectivity index (χ3v) is 6.63. The number of amides is 2. The molecule has 2 amide bonds. The zero-order chi connectivity index (χ0) is 20.9. The van der Waals surface area contributed by atoms with Crippen LogP contribution in [0.5, 0.6) is 0 Å². The largest absolute Gasteiger partial charge is 0.324 e. The molecule has 156 valence electrons. The van der Waals surface area contributed by atoms with E-state index in [4.69, 9.17) is 0 Å². The van der Waals surface area contributed by atoms with Crippen molar-refractivity contribution in [2.75, 3.05) is 12.8 Å². The van der Waals surface area contributed by atoms with Crippen molar-refractivity contribution in [3.8, 4) is 0 Å². The zero-order valence-corrected chi connectivity index (χ0v) is 17.5. The van der Waals surface area contributed by atoms with Gasteiger partial charge in [-0.3, -0.25) is 14.6 Å². The van der Waals surface area contributed by atoms with Gasteiger partial charge in [-0.25, -0.2) is 17.7 Å². The summed E-state index contributed by atoms with van der Waals surface area (Å²) in [6.45, 7) is 4.55. The lowest BCUT2D eigenvalue weighted by molar-refractivity contribution is -0.128. The van der Waals surface area contributed by atoms with Crippen LogP contribution in [0.4, 0.5) is 0 Å². The molecule has 2 aliphatic heterocycles. The predicted octanol–water partition coefficient (Wildman–Crippen LogP) is 0.511. The molecule has 1 aromatic heterocycles. The van der Waals surface area contributed by atoms with E-state index in [1.165, 1.54) is 23.9 Å². The van der Waals surface area contributed by atoms with Crippen molar-refractivity contribution >= 4 is 21.8 Å². The first-order valence-electron chi connectivity index (χ1n) is 9.78. The number of nitrogens with zero attached hydrogens (tertiary/aromatic N) is 4. The van der Waals surface area contributed by atoms with Gasteiger partial charge in [-0.15, -0.1) is 0 Å². The minimum atomic E-state index is -3.76. The molecule has 0 bridgehead atoms. The number of aromatic nitrogens is 2. The lowest BCUT2D eigenvalue weighted by atomic mass is 9.89. The molecular formula is C19H25N5O4S. The highest BCUT2D eigenvalue weighted by Gasteiger charge is 2.54. The molecule has 10 heteroatoms. The average Bonchev–Trinajstić information content (AvgIpc) is 3.31. The maximum atomic E-state index is 13.1. The second-order valence-electron chi connectivity index (χ2n) is 8.21. The highest BCUT2D eigenvalue weighted by Crippen LogP contribution is 2.41. The fraction of sp³-hybridized carbons (Fsp3) is 0.579. The van der Waals surface area contributed by atoms with E-state index in [1.54, 1.807) is 12.3 Å². The van der Waals surface area contributed by atoms with Crippen LogP contribution >= 0.6 is 0 Å². The SMILES string of the molecule is CC(C)[C@@H]1C(=O)N(S(C)(=O)=O)C2=CCN(C(=O)c3cnc(CNC4CC4)cn3)[C@H]21. The first-order chi connectivity index (χ1) is 13.7. The maximum Gasteiger partial charge on any atom is 0.274 e. The summed E-state index contributed by atoms with van der Waals surface area (Å²) in [4.78, 5) is 36.0. The topological polar surface area (TPSA) is 113 Å². The van der Waals surface area contributed by atoms with Gasteiger partial charge in [-0.05, 0) is 24.8 Å². The fourth-order valence-electron chi connectivity index (χ4n) is 4.02. The van der Waals surface area contributed by atoms with Gasteiger partial charge < -0.3 is 10.2 Å². The second kappa shape index (κ2) is 7.17. The average molecular weight is 420 g/mol. The summed E-state index contributed by atoms with van der Waals surface area (Å²) >= 11 is 0. The smallest absolute Gasteiger partial charge is 0.274 e. The summed E-state index contributed by atoms with van der Waals surface area (Å²) in [5.74, 6) is -1.58. The maximum absolute atomic E-state index is 13.1. The monoisotopic (exact) mass is 419 g/mol. The fourth-order valence-corrected chi connectivity index (χ4v) is 5.03. The number of sulfonamides is 1. The van der Waals surface area contributed by atoms with Crippen molar-refractivity contribution in [1.29, 1.82) is 0 Å². The number of carbonyl (C=O) groups is 2. The quantitative estimate of drug-likeness (QED) is 0.715. The molecule has 9 nitrogen and oxygen atoms in total. The summed E-state index contributed by atoms with van der Waals surface area (Å²) in [7, 11) is -3.76. The highest BCUT2D eigenvalue weighted by molar-refractivity contribution is 7.89.